The minimum Gasteiger partial charge on any atom is -0.329 e. The van der Waals surface area contributed by atoms with Gasteiger partial charge in [-0.15, -0.1) is 0 Å². The highest BCUT2D eigenvalue weighted by Gasteiger charge is 2.14. The summed E-state index contributed by atoms with van der Waals surface area (Å²) >= 11 is 0. The zero-order valence-corrected chi connectivity index (χ0v) is 11.3. The fraction of sp³-hybridized carbons (Fsp3) is 0. The number of H-pyrrole nitrogens is 1. The quantitative estimate of drug-likeness (QED) is 0.591. The van der Waals surface area contributed by atoms with E-state index in [9.17, 15) is 0 Å². The lowest BCUT2D eigenvalue weighted by Gasteiger charge is -2.10. The van der Waals surface area contributed by atoms with E-state index in [1.807, 2.05) is 42.6 Å². The third-order valence-corrected chi connectivity index (χ3v) is 3.60. The Hall–Kier alpha value is -2.94. The van der Waals surface area contributed by atoms with Gasteiger partial charge in [0, 0.05) is 17.3 Å². The van der Waals surface area contributed by atoms with Crippen LogP contribution in [0.1, 0.15) is 0 Å². The Labute approximate surface area is 122 Å². The van der Waals surface area contributed by atoms with Gasteiger partial charge in [-0.2, -0.15) is 0 Å². The van der Waals surface area contributed by atoms with Crippen LogP contribution in [0, 0.1) is 0 Å². The topological polar surface area (TPSA) is 41.6 Å². The van der Waals surface area contributed by atoms with E-state index >= 15 is 0 Å². The smallest absolute Gasteiger partial charge is 0.157 e. The van der Waals surface area contributed by atoms with Gasteiger partial charge in [-0.1, -0.05) is 60.7 Å². The molecule has 4 aromatic rings. The number of aromatic amines is 1. The highest BCUT2D eigenvalue weighted by Crippen LogP contribution is 2.35. The van der Waals surface area contributed by atoms with Crippen molar-refractivity contribution in [2.45, 2.75) is 0 Å². The number of aromatic nitrogens is 3. The maximum Gasteiger partial charge on any atom is 0.157 e. The first-order valence-electron chi connectivity index (χ1n) is 6.86. The molecule has 0 saturated carbocycles. The van der Waals surface area contributed by atoms with Crippen molar-refractivity contribution in [3.63, 3.8) is 0 Å². The first-order valence-corrected chi connectivity index (χ1v) is 6.86. The number of hydrogen-bond donors (Lipinski definition) is 1. The molecule has 1 N–H and O–H groups in total. The minimum atomic E-state index is 0.813. The summed E-state index contributed by atoms with van der Waals surface area (Å²) in [6.07, 6.45) is 3.61. The molecule has 3 nitrogen and oxygen atoms in total. The normalized spacial score (nSPS) is 10.9. The number of imidazole rings is 1. The van der Waals surface area contributed by atoms with E-state index in [0.717, 1.165) is 33.4 Å². The number of rotatable bonds is 2. The van der Waals surface area contributed by atoms with Crippen molar-refractivity contribution in [3.05, 3.63) is 73.2 Å². The summed E-state index contributed by atoms with van der Waals surface area (Å²) in [4.78, 5) is 12.0. The second-order valence-electron chi connectivity index (χ2n) is 4.88. The number of pyridine rings is 1. The third-order valence-electron chi connectivity index (χ3n) is 3.60. The molecule has 0 spiro atoms. The monoisotopic (exact) mass is 271 g/mol. The highest BCUT2D eigenvalue weighted by atomic mass is 14.9. The van der Waals surface area contributed by atoms with Crippen molar-refractivity contribution in [1.82, 2.24) is 15.0 Å². The van der Waals surface area contributed by atoms with Gasteiger partial charge in [0.25, 0.3) is 0 Å². The van der Waals surface area contributed by atoms with Crippen molar-refractivity contribution in [1.29, 1.82) is 0 Å². The molecule has 2 aromatic carbocycles. The van der Waals surface area contributed by atoms with Crippen LogP contribution in [0.5, 0.6) is 0 Å². The van der Waals surface area contributed by atoms with E-state index in [4.69, 9.17) is 0 Å². The summed E-state index contributed by atoms with van der Waals surface area (Å²) < 4.78 is 0. The van der Waals surface area contributed by atoms with Crippen LogP contribution in [0.3, 0.4) is 0 Å². The van der Waals surface area contributed by atoms with E-state index in [1.165, 1.54) is 0 Å². The molecule has 0 bridgehead atoms. The van der Waals surface area contributed by atoms with Gasteiger partial charge in [-0.05, 0) is 11.1 Å². The summed E-state index contributed by atoms with van der Waals surface area (Å²) in [5.41, 5.74) is 6.23. The van der Waals surface area contributed by atoms with Crippen molar-refractivity contribution >= 4 is 11.2 Å². The van der Waals surface area contributed by atoms with Crippen LogP contribution >= 0.6 is 0 Å². The molecular formula is C18H13N3. The lowest BCUT2D eigenvalue weighted by atomic mass is 9.95. The highest BCUT2D eigenvalue weighted by molar-refractivity contribution is 5.98. The van der Waals surface area contributed by atoms with Crippen LogP contribution in [0.2, 0.25) is 0 Å². The lowest BCUT2D eigenvalue weighted by Crippen LogP contribution is -1.90. The first-order chi connectivity index (χ1) is 10.4. The van der Waals surface area contributed by atoms with E-state index in [1.54, 1.807) is 6.33 Å². The van der Waals surface area contributed by atoms with Gasteiger partial charge in [0.1, 0.15) is 5.52 Å². The molecule has 3 heteroatoms. The number of fused-ring (bicyclic) bond motifs is 1. The molecule has 0 radical (unpaired) electrons. The van der Waals surface area contributed by atoms with E-state index < -0.39 is 0 Å². The van der Waals surface area contributed by atoms with Crippen molar-refractivity contribution < 1.29 is 0 Å². The Morgan fingerprint density at radius 2 is 1.38 bits per heavy atom. The second-order valence-corrected chi connectivity index (χ2v) is 4.88. The summed E-state index contributed by atoms with van der Waals surface area (Å²) in [5, 5.41) is 0. The summed E-state index contributed by atoms with van der Waals surface area (Å²) in [6, 6.07) is 20.6. The number of nitrogens with zero attached hydrogens (tertiary/aromatic N) is 2. The summed E-state index contributed by atoms with van der Waals surface area (Å²) in [6.45, 7) is 0. The van der Waals surface area contributed by atoms with Crippen molar-refractivity contribution in [2.24, 2.45) is 0 Å². The number of hydrogen-bond acceptors (Lipinski definition) is 2. The van der Waals surface area contributed by atoms with Gasteiger partial charge in [0.15, 0.2) is 5.65 Å². The number of nitrogens with one attached hydrogen (secondary N) is 1. The third kappa shape index (κ3) is 1.99. The van der Waals surface area contributed by atoms with Crippen LogP contribution in [0.15, 0.2) is 73.2 Å². The molecule has 2 aromatic heterocycles. The Kier molecular flexibility index (Phi) is 2.75. The molecule has 0 aliphatic heterocycles. The van der Waals surface area contributed by atoms with Crippen LogP contribution in [0.25, 0.3) is 33.4 Å². The Morgan fingerprint density at radius 1 is 0.714 bits per heavy atom. The molecule has 0 aliphatic carbocycles. The number of benzene rings is 2. The molecular weight excluding hydrogens is 258 g/mol. The molecule has 21 heavy (non-hydrogen) atoms. The van der Waals surface area contributed by atoms with E-state index in [2.05, 4.69) is 39.2 Å². The average molecular weight is 271 g/mol. The molecule has 4 rings (SSSR count). The fourth-order valence-corrected chi connectivity index (χ4v) is 2.62. The first kappa shape index (κ1) is 11.9. The van der Waals surface area contributed by atoms with Crippen molar-refractivity contribution in [2.75, 3.05) is 0 Å². The van der Waals surface area contributed by atoms with Gasteiger partial charge >= 0.3 is 0 Å². The molecule has 0 unspecified atom stereocenters. The van der Waals surface area contributed by atoms with E-state index in [-0.39, 0.29) is 0 Å². The molecule has 0 saturated heterocycles. The Morgan fingerprint density at radius 3 is 2.10 bits per heavy atom. The molecule has 0 amide bonds. The summed E-state index contributed by atoms with van der Waals surface area (Å²) in [7, 11) is 0. The summed E-state index contributed by atoms with van der Waals surface area (Å²) in [5.74, 6) is 0. The van der Waals surface area contributed by atoms with Gasteiger partial charge in [0.05, 0.1) is 6.33 Å². The van der Waals surface area contributed by atoms with E-state index in [0.29, 0.717) is 0 Å². The van der Waals surface area contributed by atoms with Gasteiger partial charge in [-0.3, -0.25) is 0 Å². The molecule has 100 valence electrons. The van der Waals surface area contributed by atoms with Crippen LogP contribution in [-0.4, -0.2) is 15.0 Å². The molecule has 0 fully saturated rings. The molecule has 0 aliphatic rings. The predicted molar refractivity (Wildman–Crippen MR) is 84.8 cm³/mol. The molecule has 0 atom stereocenters. The second kappa shape index (κ2) is 4.87. The lowest BCUT2D eigenvalue weighted by molar-refractivity contribution is 1.30. The maximum atomic E-state index is 4.49. The van der Waals surface area contributed by atoms with Crippen molar-refractivity contribution in [3.8, 4) is 22.3 Å². The van der Waals surface area contributed by atoms with Crippen LogP contribution in [-0.2, 0) is 0 Å². The Balaban J connectivity index is 2.08. The average Bonchev–Trinajstić information content (AvgIpc) is 3.04. The largest absolute Gasteiger partial charge is 0.329 e. The Bertz CT molecular complexity index is 880. The fourth-order valence-electron chi connectivity index (χ4n) is 2.62. The van der Waals surface area contributed by atoms with Gasteiger partial charge in [-0.25, -0.2) is 9.97 Å². The zero-order chi connectivity index (χ0) is 14.1. The van der Waals surface area contributed by atoms with Gasteiger partial charge < -0.3 is 4.98 Å². The molecule has 2 heterocycles. The van der Waals surface area contributed by atoms with Crippen LogP contribution < -0.4 is 0 Å². The predicted octanol–water partition coefficient (Wildman–Crippen LogP) is 4.29. The zero-order valence-electron chi connectivity index (χ0n) is 11.3. The SMILES string of the molecule is c1ccc(-c2cnc3[nH]cnc3c2-c2ccccc2)cc1. The standard InChI is InChI=1S/C18H13N3/c1-3-7-13(8-4-1)15-11-19-18-17(20-12-21-18)16(15)14-9-5-2-6-10-14/h1-12H,(H,19,20,21). The van der Waals surface area contributed by atoms with Gasteiger partial charge in [0.2, 0.25) is 0 Å². The van der Waals surface area contributed by atoms with Crippen LogP contribution in [0.4, 0.5) is 0 Å². The maximum absolute atomic E-state index is 4.49. The minimum absolute atomic E-state index is 0.813.